The summed E-state index contributed by atoms with van der Waals surface area (Å²) in [5.74, 6) is 0.145. The Balaban J connectivity index is 1.75. The molecule has 0 aromatic heterocycles. The number of aliphatic hydroxyl groups is 1. The van der Waals surface area contributed by atoms with Gasteiger partial charge in [-0.2, -0.15) is 0 Å². The van der Waals surface area contributed by atoms with Gasteiger partial charge < -0.3 is 14.7 Å². The Labute approximate surface area is 178 Å². The summed E-state index contributed by atoms with van der Waals surface area (Å²) in [7, 11) is 0. The molecule has 1 amide bonds. The third-order valence-corrected chi connectivity index (χ3v) is 5.59. The predicted molar refractivity (Wildman–Crippen MR) is 118 cm³/mol. The first-order valence-electron chi connectivity index (χ1n) is 10.7. The molecule has 0 bridgehead atoms. The number of para-hydroxylation sites is 1. The number of fused-ring (bicyclic) bond motifs is 1. The van der Waals surface area contributed by atoms with Crippen molar-refractivity contribution in [1.82, 2.24) is 0 Å². The molecule has 1 heterocycles. The summed E-state index contributed by atoms with van der Waals surface area (Å²) in [6.45, 7) is 6.52. The normalized spacial score (nSPS) is 17.9. The van der Waals surface area contributed by atoms with Gasteiger partial charge in [0, 0.05) is 12.0 Å². The first-order valence-corrected chi connectivity index (χ1v) is 10.7. The number of carbonyl (C=O) groups excluding carboxylic acids is 2. The van der Waals surface area contributed by atoms with Crippen molar-refractivity contribution in [3.63, 3.8) is 0 Å². The molecule has 1 aliphatic rings. The molecular weight excluding hydrogens is 378 g/mol. The van der Waals surface area contributed by atoms with Crippen LogP contribution in [0.15, 0.2) is 42.5 Å². The van der Waals surface area contributed by atoms with Crippen LogP contribution in [0.4, 0.5) is 5.69 Å². The Morgan fingerprint density at radius 3 is 2.50 bits per heavy atom. The van der Waals surface area contributed by atoms with E-state index in [0.29, 0.717) is 24.4 Å². The van der Waals surface area contributed by atoms with E-state index < -0.39 is 11.5 Å². The largest absolute Gasteiger partial charge is 0.494 e. The zero-order chi connectivity index (χ0) is 21.7. The van der Waals surface area contributed by atoms with Crippen molar-refractivity contribution in [3.8, 4) is 5.75 Å². The third-order valence-electron chi connectivity index (χ3n) is 5.59. The minimum atomic E-state index is -1.80. The van der Waals surface area contributed by atoms with Gasteiger partial charge in [-0.3, -0.25) is 9.59 Å². The van der Waals surface area contributed by atoms with Crippen LogP contribution in [0.5, 0.6) is 5.75 Å². The van der Waals surface area contributed by atoms with Gasteiger partial charge in [-0.1, -0.05) is 56.5 Å². The van der Waals surface area contributed by atoms with E-state index >= 15 is 0 Å². The summed E-state index contributed by atoms with van der Waals surface area (Å²) in [5.41, 5.74) is 1.24. The highest BCUT2D eigenvalue weighted by Gasteiger charge is 2.50. The second-order valence-corrected chi connectivity index (χ2v) is 8.15. The van der Waals surface area contributed by atoms with E-state index in [1.807, 2.05) is 43.3 Å². The number of ketones is 1. The number of ether oxygens (including phenoxy) is 1. The molecule has 1 N–H and O–H groups in total. The summed E-state index contributed by atoms with van der Waals surface area (Å²) >= 11 is 0. The molecule has 0 saturated carbocycles. The fourth-order valence-corrected chi connectivity index (χ4v) is 4.07. The van der Waals surface area contributed by atoms with Crippen molar-refractivity contribution in [1.29, 1.82) is 0 Å². The van der Waals surface area contributed by atoms with Gasteiger partial charge in [-0.05, 0) is 43.5 Å². The average molecular weight is 410 g/mol. The molecule has 0 radical (unpaired) electrons. The lowest BCUT2D eigenvalue weighted by Crippen LogP contribution is -2.41. The molecule has 1 unspecified atom stereocenters. The highest BCUT2D eigenvalue weighted by Crippen LogP contribution is 2.44. The molecular formula is C25H31NO4. The van der Waals surface area contributed by atoms with E-state index in [1.54, 1.807) is 11.0 Å². The van der Waals surface area contributed by atoms with Gasteiger partial charge in [0.05, 0.1) is 18.8 Å². The van der Waals surface area contributed by atoms with Gasteiger partial charge in [-0.25, -0.2) is 0 Å². The minimum Gasteiger partial charge on any atom is -0.494 e. The van der Waals surface area contributed by atoms with Gasteiger partial charge in [0.15, 0.2) is 5.60 Å². The number of Topliss-reactive ketones (excluding diaryl/α,β-unsaturated/α-hetero) is 1. The van der Waals surface area contributed by atoms with E-state index in [9.17, 15) is 14.7 Å². The Morgan fingerprint density at radius 2 is 1.83 bits per heavy atom. The van der Waals surface area contributed by atoms with Crippen LogP contribution in [0.1, 0.15) is 62.6 Å². The average Bonchev–Trinajstić information content (AvgIpc) is 2.91. The molecule has 1 atom stereocenters. The van der Waals surface area contributed by atoms with Gasteiger partial charge >= 0.3 is 0 Å². The molecule has 5 nitrogen and oxygen atoms in total. The van der Waals surface area contributed by atoms with Crippen LogP contribution in [0.2, 0.25) is 0 Å². The molecule has 0 spiro atoms. The summed E-state index contributed by atoms with van der Waals surface area (Å²) in [5, 5.41) is 11.1. The molecule has 2 aromatic carbocycles. The lowest BCUT2D eigenvalue weighted by atomic mass is 9.89. The first-order chi connectivity index (χ1) is 14.4. The van der Waals surface area contributed by atoms with E-state index in [-0.39, 0.29) is 12.2 Å². The van der Waals surface area contributed by atoms with Crippen molar-refractivity contribution in [2.75, 3.05) is 11.5 Å². The molecule has 0 fully saturated rings. The molecule has 3 rings (SSSR count). The maximum absolute atomic E-state index is 13.2. The van der Waals surface area contributed by atoms with Crippen molar-refractivity contribution in [2.45, 2.75) is 65.0 Å². The van der Waals surface area contributed by atoms with Crippen LogP contribution >= 0.6 is 0 Å². The zero-order valence-electron chi connectivity index (χ0n) is 18.1. The number of nitrogens with zero attached hydrogens (tertiary/aromatic N) is 1. The van der Waals surface area contributed by atoms with Crippen molar-refractivity contribution < 1.29 is 19.4 Å². The summed E-state index contributed by atoms with van der Waals surface area (Å²) in [6.07, 6.45) is 4.43. The number of aryl methyl sites for hydroxylation is 1. The highest BCUT2D eigenvalue weighted by atomic mass is 16.5. The van der Waals surface area contributed by atoms with Crippen molar-refractivity contribution in [2.24, 2.45) is 0 Å². The Kier molecular flexibility index (Phi) is 6.93. The number of anilines is 1. The van der Waals surface area contributed by atoms with Crippen LogP contribution in [0.3, 0.4) is 0 Å². The fraction of sp³-hybridized carbons (Fsp3) is 0.440. The van der Waals surface area contributed by atoms with Crippen LogP contribution in [-0.4, -0.2) is 23.4 Å². The van der Waals surface area contributed by atoms with Crippen LogP contribution in [0.25, 0.3) is 0 Å². The number of benzene rings is 2. The lowest BCUT2D eigenvalue weighted by Gasteiger charge is -2.22. The molecule has 160 valence electrons. The summed E-state index contributed by atoms with van der Waals surface area (Å²) in [4.78, 5) is 26.5. The predicted octanol–water partition coefficient (Wildman–Crippen LogP) is 4.67. The molecule has 2 aromatic rings. The molecule has 0 aliphatic carbocycles. The number of unbranched alkanes of at least 4 members (excludes halogenated alkanes) is 3. The smallest absolute Gasteiger partial charge is 0.264 e. The molecule has 0 saturated heterocycles. The highest BCUT2D eigenvalue weighted by molar-refractivity contribution is 6.09. The quantitative estimate of drug-likeness (QED) is 0.579. The van der Waals surface area contributed by atoms with E-state index in [4.69, 9.17) is 4.74 Å². The number of hydrogen-bond donors (Lipinski definition) is 1. The van der Waals surface area contributed by atoms with Crippen molar-refractivity contribution >= 4 is 17.4 Å². The summed E-state index contributed by atoms with van der Waals surface area (Å²) < 4.78 is 5.79. The summed E-state index contributed by atoms with van der Waals surface area (Å²) in [6, 6.07) is 13.2. The molecule has 5 heteroatoms. The molecule has 1 aliphatic heterocycles. The first kappa shape index (κ1) is 22.0. The fourth-order valence-electron chi connectivity index (χ4n) is 4.07. The van der Waals surface area contributed by atoms with Gasteiger partial charge in [0.2, 0.25) is 0 Å². The van der Waals surface area contributed by atoms with E-state index in [2.05, 4.69) is 6.92 Å². The maximum atomic E-state index is 13.2. The minimum absolute atomic E-state index is 0.219. The second-order valence-electron chi connectivity index (χ2n) is 8.15. The van der Waals surface area contributed by atoms with Crippen LogP contribution in [0, 0.1) is 6.92 Å². The number of rotatable bonds is 10. The Hall–Kier alpha value is -2.66. The van der Waals surface area contributed by atoms with E-state index in [0.717, 1.165) is 23.3 Å². The number of carbonyl (C=O) groups is 2. The zero-order valence-corrected chi connectivity index (χ0v) is 18.1. The Bertz CT molecular complexity index is 906. The van der Waals surface area contributed by atoms with Gasteiger partial charge in [0.1, 0.15) is 11.5 Å². The van der Waals surface area contributed by atoms with E-state index in [1.165, 1.54) is 26.2 Å². The Morgan fingerprint density at radius 1 is 1.10 bits per heavy atom. The monoisotopic (exact) mass is 409 g/mol. The van der Waals surface area contributed by atoms with Crippen molar-refractivity contribution in [3.05, 3.63) is 59.2 Å². The SMILES string of the molecule is CCCCCCOc1ccc(CN2C(=O)C(O)(CC(C)=O)c3cccc(C)c32)cc1. The van der Waals surface area contributed by atoms with Gasteiger partial charge in [0.25, 0.3) is 5.91 Å². The van der Waals surface area contributed by atoms with Gasteiger partial charge in [-0.15, -0.1) is 0 Å². The lowest BCUT2D eigenvalue weighted by molar-refractivity contribution is -0.141. The topological polar surface area (TPSA) is 66.8 Å². The van der Waals surface area contributed by atoms with Crippen LogP contribution < -0.4 is 9.64 Å². The second kappa shape index (κ2) is 9.43. The number of amides is 1. The standard InChI is InChI=1S/C25H31NO4/c1-4-5-6-7-15-30-21-13-11-20(12-14-21)17-26-23-18(2)9-8-10-22(23)25(29,24(26)28)16-19(3)27/h8-14,29H,4-7,15-17H2,1-3H3. The third kappa shape index (κ3) is 4.57. The number of hydrogen-bond acceptors (Lipinski definition) is 4. The molecule has 30 heavy (non-hydrogen) atoms. The maximum Gasteiger partial charge on any atom is 0.264 e. The van der Waals surface area contributed by atoms with Crippen LogP contribution in [-0.2, 0) is 21.7 Å².